The number of nitrogens with one attached hydrogen (secondary N) is 1. The second kappa shape index (κ2) is 6.87. The Hall–Kier alpha value is -1.13. The Morgan fingerprint density at radius 3 is 2.63 bits per heavy atom. The van der Waals surface area contributed by atoms with Gasteiger partial charge in [-0.2, -0.15) is 0 Å². The molecular formula is C15H18BrNO2. The molecule has 102 valence electrons. The van der Waals surface area contributed by atoms with Gasteiger partial charge in [0.2, 0.25) is 5.91 Å². The van der Waals surface area contributed by atoms with E-state index in [4.69, 9.17) is 0 Å². The Morgan fingerprint density at radius 1 is 1.26 bits per heavy atom. The van der Waals surface area contributed by atoms with Crippen molar-refractivity contribution in [3.63, 3.8) is 0 Å². The van der Waals surface area contributed by atoms with Gasteiger partial charge in [0.05, 0.1) is 12.1 Å². The summed E-state index contributed by atoms with van der Waals surface area (Å²) in [7, 11) is 0. The SMILES string of the molecule is O=C(C=Cc1ccc(Br)cc1)NC1CCCCC1O. The van der Waals surface area contributed by atoms with Crippen LogP contribution in [0.4, 0.5) is 0 Å². The van der Waals surface area contributed by atoms with Gasteiger partial charge in [-0.05, 0) is 36.6 Å². The average Bonchev–Trinajstić information content (AvgIpc) is 2.41. The normalized spacial score (nSPS) is 23.5. The highest BCUT2D eigenvalue weighted by atomic mass is 79.9. The Balaban J connectivity index is 1.88. The molecule has 0 bridgehead atoms. The van der Waals surface area contributed by atoms with Crippen molar-refractivity contribution in [3.05, 3.63) is 40.4 Å². The van der Waals surface area contributed by atoms with Gasteiger partial charge in [-0.1, -0.05) is 40.9 Å². The number of carbonyl (C=O) groups excluding carboxylic acids is 1. The standard InChI is InChI=1S/C15H18BrNO2/c16-12-8-5-11(6-9-12)7-10-15(19)17-13-3-1-2-4-14(13)18/h5-10,13-14,18H,1-4H2,(H,17,19). The quantitative estimate of drug-likeness (QED) is 0.840. The molecule has 1 saturated carbocycles. The molecule has 1 aliphatic carbocycles. The molecule has 0 radical (unpaired) electrons. The molecule has 2 N–H and O–H groups in total. The summed E-state index contributed by atoms with van der Waals surface area (Å²) in [6, 6.07) is 7.63. The van der Waals surface area contributed by atoms with Crippen LogP contribution < -0.4 is 5.32 Å². The third-order valence-electron chi connectivity index (χ3n) is 3.35. The highest BCUT2D eigenvalue weighted by Crippen LogP contribution is 2.18. The molecule has 2 unspecified atom stereocenters. The predicted molar refractivity (Wildman–Crippen MR) is 79.6 cm³/mol. The minimum absolute atomic E-state index is 0.101. The first-order chi connectivity index (χ1) is 9.15. The lowest BCUT2D eigenvalue weighted by molar-refractivity contribution is -0.118. The molecule has 0 aromatic heterocycles. The van der Waals surface area contributed by atoms with Crippen LogP contribution in [0.2, 0.25) is 0 Å². The van der Waals surface area contributed by atoms with E-state index < -0.39 is 6.10 Å². The van der Waals surface area contributed by atoms with Crippen molar-refractivity contribution in [2.24, 2.45) is 0 Å². The van der Waals surface area contributed by atoms with Crippen LogP contribution in [-0.2, 0) is 4.79 Å². The topological polar surface area (TPSA) is 49.3 Å². The molecule has 1 aromatic carbocycles. The molecular weight excluding hydrogens is 306 g/mol. The van der Waals surface area contributed by atoms with Crippen molar-refractivity contribution < 1.29 is 9.90 Å². The molecule has 0 aliphatic heterocycles. The number of hydrogen-bond donors (Lipinski definition) is 2. The van der Waals surface area contributed by atoms with E-state index in [0.717, 1.165) is 35.7 Å². The third-order valence-corrected chi connectivity index (χ3v) is 3.88. The fourth-order valence-corrected chi connectivity index (χ4v) is 2.52. The van der Waals surface area contributed by atoms with Crippen molar-refractivity contribution in [3.8, 4) is 0 Å². The van der Waals surface area contributed by atoms with Gasteiger partial charge in [-0.25, -0.2) is 0 Å². The van der Waals surface area contributed by atoms with Crippen LogP contribution in [0.5, 0.6) is 0 Å². The summed E-state index contributed by atoms with van der Waals surface area (Å²) in [4.78, 5) is 11.8. The minimum atomic E-state index is -0.404. The zero-order chi connectivity index (χ0) is 13.7. The van der Waals surface area contributed by atoms with E-state index in [1.165, 1.54) is 6.08 Å². The summed E-state index contributed by atoms with van der Waals surface area (Å²) in [5.41, 5.74) is 0.975. The molecule has 0 saturated heterocycles. The van der Waals surface area contributed by atoms with Crippen LogP contribution in [0, 0.1) is 0 Å². The molecule has 19 heavy (non-hydrogen) atoms. The first-order valence-corrected chi connectivity index (χ1v) is 7.36. The summed E-state index contributed by atoms with van der Waals surface area (Å²) in [6.07, 6.45) is 6.64. The molecule has 3 nitrogen and oxygen atoms in total. The molecule has 1 aliphatic rings. The van der Waals surface area contributed by atoms with Crippen LogP contribution in [0.3, 0.4) is 0 Å². The molecule has 0 spiro atoms. The number of benzene rings is 1. The van der Waals surface area contributed by atoms with E-state index in [0.29, 0.717) is 0 Å². The van der Waals surface area contributed by atoms with Gasteiger partial charge in [0.15, 0.2) is 0 Å². The molecule has 1 amide bonds. The van der Waals surface area contributed by atoms with Gasteiger partial charge >= 0.3 is 0 Å². The van der Waals surface area contributed by atoms with Crippen LogP contribution in [0.25, 0.3) is 6.08 Å². The molecule has 4 heteroatoms. The first kappa shape index (κ1) is 14.3. The van der Waals surface area contributed by atoms with Crippen LogP contribution in [-0.4, -0.2) is 23.2 Å². The monoisotopic (exact) mass is 323 g/mol. The van der Waals surface area contributed by atoms with E-state index in [-0.39, 0.29) is 11.9 Å². The molecule has 2 atom stereocenters. The molecule has 1 fully saturated rings. The van der Waals surface area contributed by atoms with Crippen LogP contribution in [0.15, 0.2) is 34.8 Å². The highest BCUT2D eigenvalue weighted by molar-refractivity contribution is 9.10. The fraction of sp³-hybridized carbons (Fsp3) is 0.400. The Labute approximate surface area is 121 Å². The van der Waals surface area contributed by atoms with E-state index in [9.17, 15) is 9.90 Å². The summed E-state index contributed by atoms with van der Waals surface area (Å²) in [6.45, 7) is 0. The lowest BCUT2D eigenvalue weighted by Gasteiger charge is -2.27. The Bertz CT molecular complexity index is 456. The number of halogens is 1. The van der Waals surface area contributed by atoms with E-state index in [2.05, 4.69) is 21.2 Å². The largest absolute Gasteiger partial charge is 0.391 e. The predicted octanol–water partition coefficient (Wildman–Crippen LogP) is 2.88. The summed E-state index contributed by atoms with van der Waals surface area (Å²) in [5.74, 6) is -0.145. The third kappa shape index (κ3) is 4.48. The molecule has 0 heterocycles. The maximum atomic E-state index is 11.8. The van der Waals surface area contributed by atoms with Crippen molar-refractivity contribution >= 4 is 27.9 Å². The Morgan fingerprint density at radius 2 is 1.95 bits per heavy atom. The summed E-state index contributed by atoms with van der Waals surface area (Å²) < 4.78 is 1.01. The van der Waals surface area contributed by atoms with Gasteiger partial charge in [0.1, 0.15) is 0 Å². The lowest BCUT2D eigenvalue weighted by atomic mass is 9.92. The van der Waals surface area contributed by atoms with Crippen molar-refractivity contribution in [2.75, 3.05) is 0 Å². The van der Waals surface area contributed by atoms with E-state index in [1.54, 1.807) is 6.08 Å². The highest BCUT2D eigenvalue weighted by Gasteiger charge is 2.23. The number of hydrogen-bond acceptors (Lipinski definition) is 2. The first-order valence-electron chi connectivity index (χ1n) is 6.57. The number of rotatable bonds is 3. The van der Waals surface area contributed by atoms with Crippen molar-refractivity contribution in [1.82, 2.24) is 5.32 Å². The van der Waals surface area contributed by atoms with Gasteiger partial charge < -0.3 is 10.4 Å². The summed E-state index contributed by atoms with van der Waals surface area (Å²) in [5, 5.41) is 12.7. The number of amides is 1. The van der Waals surface area contributed by atoms with Crippen molar-refractivity contribution in [1.29, 1.82) is 0 Å². The van der Waals surface area contributed by atoms with Gasteiger partial charge in [0.25, 0.3) is 0 Å². The van der Waals surface area contributed by atoms with Gasteiger partial charge in [-0.15, -0.1) is 0 Å². The van der Waals surface area contributed by atoms with E-state index >= 15 is 0 Å². The second-order valence-electron chi connectivity index (χ2n) is 4.85. The van der Waals surface area contributed by atoms with Crippen molar-refractivity contribution in [2.45, 2.75) is 37.8 Å². The zero-order valence-corrected chi connectivity index (χ0v) is 12.3. The zero-order valence-electron chi connectivity index (χ0n) is 10.7. The van der Waals surface area contributed by atoms with Crippen LogP contribution in [0.1, 0.15) is 31.2 Å². The average molecular weight is 324 g/mol. The van der Waals surface area contributed by atoms with Gasteiger partial charge in [0, 0.05) is 10.5 Å². The fourth-order valence-electron chi connectivity index (χ4n) is 2.26. The minimum Gasteiger partial charge on any atom is -0.391 e. The number of carbonyl (C=O) groups is 1. The number of aliphatic hydroxyl groups excluding tert-OH is 1. The van der Waals surface area contributed by atoms with Gasteiger partial charge in [-0.3, -0.25) is 4.79 Å². The summed E-state index contributed by atoms with van der Waals surface area (Å²) >= 11 is 3.37. The second-order valence-corrected chi connectivity index (χ2v) is 5.77. The maximum Gasteiger partial charge on any atom is 0.244 e. The van der Waals surface area contributed by atoms with Crippen LogP contribution >= 0.6 is 15.9 Å². The van der Waals surface area contributed by atoms with E-state index in [1.807, 2.05) is 24.3 Å². The maximum absolute atomic E-state index is 11.8. The number of aliphatic hydroxyl groups is 1. The smallest absolute Gasteiger partial charge is 0.244 e. The Kier molecular flexibility index (Phi) is 5.16. The lowest BCUT2D eigenvalue weighted by Crippen LogP contribution is -2.44. The molecule has 1 aromatic rings. The molecule has 2 rings (SSSR count).